The maximum Gasteiger partial charge on any atom is 0.494 e. The average Bonchev–Trinajstić information content (AvgIpc) is 2.30. The first-order valence-corrected chi connectivity index (χ1v) is 4.47. The van der Waals surface area contributed by atoms with Crippen LogP contribution in [0.2, 0.25) is 0 Å². The van der Waals surface area contributed by atoms with Gasteiger partial charge in [-0.15, -0.1) is 0 Å². The molecule has 0 amide bonds. The highest BCUT2D eigenvalue weighted by Gasteiger charge is 2.24. The first kappa shape index (κ1) is 11.7. The molecule has 80 valence electrons. The predicted molar refractivity (Wildman–Crippen MR) is 57.2 cm³/mol. The predicted octanol–water partition coefficient (Wildman–Crippen LogP) is 0.461. The molecule has 0 spiro atoms. The van der Waals surface area contributed by atoms with Crippen LogP contribution in [-0.4, -0.2) is 34.4 Å². The van der Waals surface area contributed by atoms with E-state index in [1.807, 2.05) is 6.07 Å². The van der Waals surface area contributed by atoms with E-state index < -0.39 is 13.1 Å². The van der Waals surface area contributed by atoms with Crippen LogP contribution in [0.5, 0.6) is 0 Å². The van der Waals surface area contributed by atoms with Gasteiger partial charge in [0.2, 0.25) is 0 Å². The van der Waals surface area contributed by atoms with Gasteiger partial charge in [0.25, 0.3) is 0 Å². The molecule has 0 radical (unpaired) electrons. The molecule has 0 heterocycles. The molecule has 0 aliphatic rings. The third-order valence-electron chi connectivity index (χ3n) is 2.05. The Labute approximate surface area is 89.3 Å². The summed E-state index contributed by atoms with van der Waals surface area (Å²) in [5, 5.41) is 0. The Bertz CT molecular complexity index is 336. The lowest BCUT2D eigenvalue weighted by molar-refractivity contribution is 0.0601. The molecule has 0 bridgehead atoms. The van der Waals surface area contributed by atoms with Crippen LogP contribution in [0, 0.1) is 0 Å². The fourth-order valence-electron chi connectivity index (χ4n) is 1.35. The van der Waals surface area contributed by atoms with Crippen molar-refractivity contribution in [3.8, 4) is 0 Å². The summed E-state index contributed by atoms with van der Waals surface area (Å²) in [6, 6.07) is 7.01. The fourth-order valence-corrected chi connectivity index (χ4v) is 1.35. The van der Waals surface area contributed by atoms with Crippen molar-refractivity contribution in [1.82, 2.24) is 0 Å². The zero-order valence-corrected chi connectivity index (χ0v) is 9.02. The topological polar surface area (TPSA) is 44.8 Å². The third kappa shape index (κ3) is 2.58. The number of ether oxygens (including phenoxy) is 1. The number of esters is 1. The van der Waals surface area contributed by atoms with Crippen molar-refractivity contribution >= 4 is 18.6 Å². The molecule has 0 saturated heterocycles. The van der Waals surface area contributed by atoms with E-state index in [4.69, 9.17) is 9.31 Å². The number of benzene rings is 1. The molecule has 4 nitrogen and oxygen atoms in total. The van der Waals surface area contributed by atoms with Gasteiger partial charge in [-0.05, 0) is 11.5 Å². The van der Waals surface area contributed by atoms with E-state index in [2.05, 4.69) is 4.74 Å². The van der Waals surface area contributed by atoms with Gasteiger partial charge in [0.1, 0.15) is 0 Å². The fraction of sp³-hybridized carbons (Fsp3) is 0.300. The Morgan fingerprint density at radius 3 is 2.27 bits per heavy atom. The normalized spacial score (nSPS) is 9.80. The molecule has 0 aromatic heterocycles. The zero-order chi connectivity index (χ0) is 11.3. The lowest BCUT2D eigenvalue weighted by Gasteiger charge is -2.11. The van der Waals surface area contributed by atoms with Gasteiger partial charge in [-0.1, -0.05) is 18.2 Å². The number of carbonyl (C=O) groups is 1. The van der Waals surface area contributed by atoms with Crippen LogP contribution in [0.15, 0.2) is 24.3 Å². The number of rotatable bonds is 4. The van der Waals surface area contributed by atoms with Crippen LogP contribution in [0.3, 0.4) is 0 Å². The van der Waals surface area contributed by atoms with Crippen LogP contribution in [0.1, 0.15) is 10.4 Å². The summed E-state index contributed by atoms with van der Waals surface area (Å²) in [4.78, 5) is 11.4. The van der Waals surface area contributed by atoms with Gasteiger partial charge in [0.15, 0.2) is 0 Å². The summed E-state index contributed by atoms with van der Waals surface area (Å²) in [5.41, 5.74) is 1.11. The Balaban J connectivity index is 3.10. The summed E-state index contributed by atoms with van der Waals surface area (Å²) < 4.78 is 14.8. The van der Waals surface area contributed by atoms with E-state index >= 15 is 0 Å². The average molecular weight is 208 g/mol. The van der Waals surface area contributed by atoms with Crippen LogP contribution in [0.4, 0.5) is 0 Å². The standard InChI is InChI=1S/C10H13BO4/c1-13-10(12)8-6-4-5-7-9(8)11(14-2)15-3/h4-7H,1-3H3. The summed E-state index contributed by atoms with van der Waals surface area (Å²) in [6.07, 6.45) is 0. The Kier molecular flexibility index (Phi) is 4.33. The van der Waals surface area contributed by atoms with E-state index in [0.29, 0.717) is 11.0 Å². The molecule has 0 N–H and O–H groups in total. The number of hydrogen-bond donors (Lipinski definition) is 0. The van der Waals surface area contributed by atoms with E-state index in [1.165, 1.54) is 21.3 Å². The highest BCUT2D eigenvalue weighted by molar-refractivity contribution is 6.62. The van der Waals surface area contributed by atoms with Gasteiger partial charge in [-0.25, -0.2) is 4.79 Å². The monoisotopic (exact) mass is 208 g/mol. The lowest BCUT2D eigenvalue weighted by Crippen LogP contribution is -2.38. The van der Waals surface area contributed by atoms with E-state index in [-0.39, 0.29) is 0 Å². The van der Waals surface area contributed by atoms with Gasteiger partial charge in [-0.2, -0.15) is 0 Å². The number of methoxy groups -OCH3 is 1. The summed E-state index contributed by atoms with van der Waals surface area (Å²) in [7, 11) is 3.82. The van der Waals surface area contributed by atoms with Crippen molar-refractivity contribution in [3.63, 3.8) is 0 Å². The third-order valence-corrected chi connectivity index (χ3v) is 2.05. The smallest absolute Gasteiger partial charge is 0.465 e. The molecule has 0 atom stereocenters. The zero-order valence-electron chi connectivity index (χ0n) is 9.02. The van der Waals surface area contributed by atoms with Gasteiger partial charge in [0, 0.05) is 14.2 Å². The first-order valence-electron chi connectivity index (χ1n) is 4.47. The molecule has 1 aromatic carbocycles. The summed E-state index contributed by atoms with van der Waals surface area (Å²) in [6.45, 7) is 0. The van der Waals surface area contributed by atoms with Crippen LogP contribution >= 0.6 is 0 Å². The Hall–Kier alpha value is -1.33. The van der Waals surface area contributed by atoms with Crippen molar-refractivity contribution in [2.45, 2.75) is 0 Å². The van der Waals surface area contributed by atoms with Crippen molar-refractivity contribution < 1.29 is 18.8 Å². The van der Waals surface area contributed by atoms with Gasteiger partial charge >= 0.3 is 13.1 Å². The minimum atomic E-state index is -0.555. The van der Waals surface area contributed by atoms with Crippen molar-refractivity contribution in [3.05, 3.63) is 29.8 Å². The maximum atomic E-state index is 11.4. The summed E-state index contributed by atoms with van der Waals surface area (Å²) >= 11 is 0. The van der Waals surface area contributed by atoms with Crippen molar-refractivity contribution in [2.24, 2.45) is 0 Å². The second-order valence-electron chi connectivity index (χ2n) is 2.88. The molecule has 1 rings (SSSR count). The highest BCUT2D eigenvalue weighted by Crippen LogP contribution is 2.01. The maximum absolute atomic E-state index is 11.4. The Morgan fingerprint density at radius 2 is 1.73 bits per heavy atom. The molecular weight excluding hydrogens is 195 g/mol. The van der Waals surface area contributed by atoms with E-state index in [9.17, 15) is 4.79 Å². The lowest BCUT2D eigenvalue weighted by atomic mass is 9.76. The number of hydrogen-bond acceptors (Lipinski definition) is 4. The van der Waals surface area contributed by atoms with E-state index in [1.54, 1.807) is 18.2 Å². The molecule has 1 aromatic rings. The van der Waals surface area contributed by atoms with Crippen LogP contribution < -0.4 is 5.46 Å². The summed E-state index contributed by atoms with van der Waals surface area (Å²) in [5.74, 6) is -0.398. The number of carbonyl (C=O) groups excluding carboxylic acids is 1. The second-order valence-corrected chi connectivity index (χ2v) is 2.88. The van der Waals surface area contributed by atoms with Crippen molar-refractivity contribution in [2.75, 3.05) is 21.3 Å². The second kappa shape index (κ2) is 5.53. The molecule has 0 aliphatic heterocycles. The molecule has 0 saturated carbocycles. The van der Waals surface area contributed by atoms with Crippen LogP contribution in [0.25, 0.3) is 0 Å². The highest BCUT2D eigenvalue weighted by atomic mass is 16.6. The molecule has 15 heavy (non-hydrogen) atoms. The van der Waals surface area contributed by atoms with Gasteiger partial charge < -0.3 is 14.0 Å². The Morgan fingerprint density at radius 1 is 1.13 bits per heavy atom. The minimum Gasteiger partial charge on any atom is -0.465 e. The largest absolute Gasteiger partial charge is 0.494 e. The SMILES string of the molecule is COB(OC)c1ccccc1C(=O)OC. The molecule has 0 fully saturated rings. The molecule has 0 unspecified atom stereocenters. The molecular formula is C10H13BO4. The first-order chi connectivity index (χ1) is 7.24. The van der Waals surface area contributed by atoms with Gasteiger partial charge in [-0.3, -0.25) is 0 Å². The quantitative estimate of drug-likeness (QED) is 0.532. The van der Waals surface area contributed by atoms with Crippen LogP contribution in [-0.2, 0) is 14.0 Å². The molecule has 5 heteroatoms. The van der Waals surface area contributed by atoms with Crippen molar-refractivity contribution in [1.29, 1.82) is 0 Å². The van der Waals surface area contributed by atoms with Gasteiger partial charge in [0.05, 0.1) is 12.7 Å². The molecule has 0 aliphatic carbocycles. The van der Waals surface area contributed by atoms with E-state index in [0.717, 1.165) is 0 Å². The minimum absolute atomic E-state index is 0.398.